The quantitative estimate of drug-likeness (QED) is 0.315. The van der Waals surface area contributed by atoms with Gasteiger partial charge in [-0.25, -0.2) is 0 Å². The molecule has 3 nitrogen and oxygen atoms in total. The number of rotatable bonds is 10. The molecular formula is C28H39NO2Si. The average Bonchev–Trinajstić information content (AvgIpc) is 2.76. The van der Waals surface area contributed by atoms with Gasteiger partial charge in [-0.2, -0.15) is 0 Å². The Hall–Kier alpha value is -2.48. The summed E-state index contributed by atoms with van der Waals surface area (Å²) in [6, 6.07) is 16.8. The molecule has 0 saturated carbocycles. The van der Waals surface area contributed by atoms with E-state index >= 15 is 0 Å². The molecule has 0 aliphatic rings. The van der Waals surface area contributed by atoms with Crippen LogP contribution in [0.1, 0.15) is 44.5 Å². The van der Waals surface area contributed by atoms with Crippen molar-refractivity contribution < 1.29 is 9.47 Å². The van der Waals surface area contributed by atoms with Gasteiger partial charge in [0.25, 0.3) is 0 Å². The van der Waals surface area contributed by atoms with E-state index in [2.05, 4.69) is 100 Å². The third kappa shape index (κ3) is 8.94. The summed E-state index contributed by atoms with van der Waals surface area (Å²) >= 11 is 0. The van der Waals surface area contributed by atoms with E-state index in [0.29, 0.717) is 0 Å². The fraction of sp³-hybridized carbons (Fsp3) is 0.429. The van der Waals surface area contributed by atoms with Crippen molar-refractivity contribution in [3.63, 3.8) is 0 Å². The van der Waals surface area contributed by atoms with Crippen molar-refractivity contribution in [2.24, 2.45) is 5.41 Å². The molecule has 2 rings (SSSR count). The largest absolute Gasteiger partial charge is 0.497 e. The summed E-state index contributed by atoms with van der Waals surface area (Å²) in [5.74, 6) is 8.20. The zero-order valence-electron chi connectivity index (χ0n) is 20.8. The highest BCUT2D eigenvalue weighted by molar-refractivity contribution is 6.57. The third-order valence-corrected chi connectivity index (χ3v) is 6.81. The SMILES string of the molecule is CCN(C/C=C/C#CC(C)(C)C)Cc1cccc(OC(c2ccc(OC)cc2)[SiH](C)C)c1. The maximum absolute atomic E-state index is 6.51. The van der Waals surface area contributed by atoms with Gasteiger partial charge in [0, 0.05) is 18.5 Å². The fourth-order valence-electron chi connectivity index (χ4n) is 3.33. The first-order valence-electron chi connectivity index (χ1n) is 11.5. The second kappa shape index (κ2) is 12.5. The van der Waals surface area contributed by atoms with Crippen LogP contribution in [0, 0.1) is 17.3 Å². The van der Waals surface area contributed by atoms with Gasteiger partial charge >= 0.3 is 0 Å². The number of nitrogens with zero attached hydrogens (tertiary/aromatic N) is 1. The lowest BCUT2D eigenvalue weighted by Gasteiger charge is -2.24. The number of likely N-dealkylation sites (N-methyl/N-ethyl adjacent to an activating group) is 1. The monoisotopic (exact) mass is 449 g/mol. The standard InChI is InChI=1S/C28H39NO2Si/c1-8-29(20-11-9-10-19-28(2,3)4)22-23-13-12-14-26(21-23)31-27(32(6)7)24-15-17-25(30-5)18-16-24/h9,11-18,21,27,32H,8,20,22H2,1-7H3/b11-9+. The van der Waals surface area contributed by atoms with Gasteiger partial charge in [-0.1, -0.05) is 62.2 Å². The van der Waals surface area contributed by atoms with E-state index in [1.807, 2.05) is 18.2 Å². The zero-order chi connectivity index (χ0) is 23.6. The molecule has 0 spiro atoms. The Morgan fingerprint density at radius 1 is 1.06 bits per heavy atom. The van der Waals surface area contributed by atoms with Crippen molar-refractivity contribution in [3.05, 3.63) is 71.8 Å². The lowest BCUT2D eigenvalue weighted by atomic mass is 9.98. The summed E-state index contributed by atoms with van der Waals surface area (Å²) in [4.78, 5) is 2.40. The van der Waals surface area contributed by atoms with Gasteiger partial charge in [0.05, 0.1) is 15.9 Å². The number of allylic oxidation sites excluding steroid dienone is 1. The Kier molecular flexibility index (Phi) is 10.1. The Bertz CT molecular complexity index is 917. The molecule has 1 unspecified atom stereocenters. The molecule has 0 saturated heterocycles. The Morgan fingerprint density at radius 3 is 2.38 bits per heavy atom. The minimum Gasteiger partial charge on any atom is -0.497 e. The van der Waals surface area contributed by atoms with Gasteiger partial charge in [-0.15, -0.1) is 0 Å². The molecule has 2 aromatic rings. The number of ether oxygens (including phenoxy) is 2. The van der Waals surface area contributed by atoms with Crippen LogP contribution in [-0.4, -0.2) is 33.9 Å². The zero-order valence-corrected chi connectivity index (χ0v) is 22.0. The van der Waals surface area contributed by atoms with Crippen LogP contribution in [0.3, 0.4) is 0 Å². The van der Waals surface area contributed by atoms with Crippen LogP contribution in [0.4, 0.5) is 0 Å². The van der Waals surface area contributed by atoms with E-state index in [1.165, 1.54) is 11.1 Å². The molecule has 0 heterocycles. The highest BCUT2D eigenvalue weighted by atomic mass is 28.3. The van der Waals surface area contributed by atoms with Crippen LogP contribution in [0.25, 0.3) is 0 Å². The Balaban J connectivity index is 2.05. The first kappa shape index (κ1) is 25.8. The van der Waals surface area contributed by atoms with E-state index in [1.54, 1.807) is 7.11 Å². The van der Waals surface area contributed by atoms with Crippen molar-refractivity contribution in [1.29, 1.82) is 0 Å². The van der Waals surface area contributed by atoms with Crippen molar-refractivity contribution in [2.45, 2.75) is 53.1 Å². The maximum atomic E-state index is 6.51. The summed E-state index contributed by atoms with van der Waals surface area (Å²) in [5.41, 5.74) is 2.65. The lowest BCUT2D eigenvalue weighted by Crippen LogP contribution is -2.23. The molecule has 0 aliphatic heterocycles. The summed E-state index contributed by atoms with van der Waals surface area (Å²) in [5, 5.41) is 0. The molecule has 172 valence electrons. The van der Waals surface area contributed by atoms with E-state index in [0.717, 1.165) is 31.1 Å². The molecule has 2 aromatic carbocycles. The fourth-order valence-corrected chi connectivity index (χ4v) is 4.75. The molecule has 0 bridgehead atoms. The Labute approximate surface area is 197 Å². The summed E-state index contributed by atoms with van der Waals surface area (Å²) < 4.78 is 11.8. The van der Waals surface area contributed by atoms with Gasteiger partial charge in [0.2, 0.25) is 0 Å². The minimum absolute atomic E-state index is 0.0394. The third-order valence-electron chi connectivity index (χ3n) is 5.08. The molecular weight excluding hydrogens is 410 g/mol. The van der Waals surface area contributed by atoms with Crippen LogP contribution < -0.4 is 9.47 Å². The smallest absolute Gasteiger partial charge is 0.120 e. The average molecular weight is 450 g/mol. The number of hydrogen-bond donors (Lipinski definition) is 0. The van der Waals surface area contributed by atoms with E-state index in [4.69, 9.17) is 9.47 Å². The van der Waals surface area contributed by atoms with E-state index in [-0.39, 0.29) is 11.1 Å². The van der Waals surface area contributed by atoms with Crippen LogP contribution in [0.15, 0.2) is 60.7 Å². The highest BCUT2D eigenvalue weighted by Crippen LogP contribution is 2.27. The van der Waals surface area contributed by atoms with Crippen LogP contribution in [0.2, 0.25) is 13.1 Å². The van der Waals surface area contributed by atoms with Crippen molar-refractivity contribution in [1.82, 2.24) is 4.90 Å². The number of methoxy groups -OCH3 is 1. The topological polar surface area (TPSA) is 21.7 Å². The van der Waals surface area contributed by atoms with Crippen molar-refractivity contribution in [3.8, 4) is 23.3 Å². The van der Waals surface area contributed by atoms with Gasteiger partial charge < -0.3 is 9.47 Å². The molecule has 4 heteroatoms. The molecule has 0 amide bonds. The summed E-state index contributed by atoms with van der Waals surface area (Å²) in [7, 11) is 0.607. The van der Waals surface area contributed by atoms with E-state index < -0.39 is 8.80 Å². The summed E-state index contributed by atoms with van der Waals surface area (Å²) in [6.45, 7) is 16.0. The summed E-state index contributed by atoms with van der Waals surface area (Å²) in [6.07, 6.45) is 4.12. The predicted octanol–water partition coefficient (Wildman–Crippen LogP) is 6.27. The second-order valence-electron chi connectivity index (χ2n) is 9.45. The van der Waals surface area contributed by atoms with Gasteiger partial charge in [0.1, 0.15) is 17.2 Å². The number of benzene rings is 2. The molecule has 32 heavy (non-hydrogen) atoms. The van der Waals surface area contributed by atoms with Crippen molar-refractivity contribution in [2.75, 3.05) is 20.2 Å². The van der Waals surface area contributed by atoms with Gasteiger partial charge in [-0.3, -0.25) is 4.90 Å². The molecule has 0 radical (unpaired) electrons. The van der Waals surface area contributed by atoms with E-state index in [9.17, 15) is 0 Å². The Morgan fingerprint density at radius 2 is 1.78 bits per heavy atom. The minimum atomic E-state index is -1.09. The predicted molar refractivity (Wildman–Crippen MR) is 139 cm³/mol. The molecule has 0 aliphatic carbocycles. The van der Waals surface area contributed by atoms with Crippen LogP contribution in [0.5, 0.6) is 11.5 Å². The van der Waals surface area contributed by atoms with Gasteiger partial charge in [0.15, 0.2) is 0 Å². The van der Waals surface area contributed by atoms with Crippen LogP contribution in [-0.2, 0) is 6.54 Å². The molecule has 0 N–H and O–H groups in total. The normalized spacial score (nSPS) is 12.7. The number of hydrogen-bond acceptors (Lipinski definition) is 3. The second-order valence-corrected chi connectivity index (χ2v) is 12.5. The molecule has 0 fully saturated rings. The highest BCUT2D eigenvalue weighted by Gasteiger charge is 2.19. The molecule has 0 aromatic heterocycles. The molecule has 1 atom stereocenters. The maximum Gasteiger partial charge on any atom is 0.120 e. The lowest BCUT2D eigenvalue weighted by molar-refractivity contribution is 0.278. The first-order valence-corrected chi connectivity index (χ1v) is 14.5. The first-order chi connectivity index (χ1) is 15.2. The van der Waals surface area contributed by atoms with Crippen molar-refractivity contribution >= 4 is 8.80 Å². The van der Waals surface area contributed by atoms with Crippen LogP contribution >= 0.6 is 0 Å². The van der Waals surface area contributed by atoms with Gasteiger partial charge in [-0.05, 0) is 68.8 Å².